The lowest BCUT2D eigenvalue weighted by molar-refractivity contribution is -0.126. The summed E-state index contributed by atoms with van der Waals surface area (Å²) in [6.07, 6.45) is 4.07. The molecule has 0 unspecified atom stereocenters. The third-order valence-corrected chi connectivity index (χ3v) is 5.89. The fourth-order valence-corrected chi connectivity index (χ4v) is 4.33. The van der Waals surface area contributed by atoms with E-state index >= 15 is 0 Å². The van der Waals surface area contributed by atoms with Gasteiger partial charge in [-0.2, -0.15) is 0 Å². The zero-order valence-corrected chi connectivity index (χ0v) is 16.6. The van der Waals surface area contributed by atoms with Crippen LogP contribution in [0.15, 0.2) is 45.6 Å². The molecule has 3 aliphatic rings. The van der Waals surface area contributed by atoms with E-state index in [1.54, 1.807) is 17.9 Å². The molecule has 3 saturated heterocycles. The van der Waals surface area contributed by atoms with Gasteiger partial charge in [-0.25, -0.2) is 4.79 Å². The van der Waals surface area contributed by atoms with E-state index in [2.05, 4.69) is 17.4 Å². The van der Waals surface area contributed by atoms with Gasteiger partial charge in [0.05, 0.1) is 5.92 Å². The average Bonchev–Trinajstić information content (AvgIpc) is 3.00. The first-order valence-corrected chi connectivity index (χ1v) is 10.3. The highest BCUT2D eigenvalue weighted by Crippen LogP contribution is 2.24. The van der Waals surface area contributed by atoms with Crippen LogP contribution >= 0.6 is 0 Å². The molecule has 1 N–H and O–H groups in total. The quantitative estimate of drug-likeness (QED) is 0.845. The first-order chi connectivity index (χ1) is 14.0. The number of nitrogens with one attached hydrogen (secondary N) is 1. The van der Waals surface area contributed by atoms with E-state index in [1.807, 2.05) is 18.2 Å². The van der Waals surface area contributed by atoms with Crippen LogP contribution in [0.3, 0.4) is 0 Å². The van der Waals surface area contributed by atoms with Gasteiger partial charge in [0.25, 0.3) is 5.91 Å². The Hall–Kier alpha value is -2.89. The van der Waals surface area contributed by atoms with E-state index in [9.17, 15) is 14.4 Å². The normalized spacial score (nSPS) is 21.0. The van der Waals surface area contributed by atoms with Crippen LogP contribution in [-0.4, -0.2) is 35.8 Å². The zero-order chi connectivity index (χ0) is 20.4. The fraction of sp³-hybridized carbons (Fsp3) is 0.435. The van der Waals surface area contributed by atoms with Crippen molar-refractivity contribution in [2.75, 3.05) is 13.1 Å². The maximum absolute atomic E-state index is 13.1. The summed E-state index contributed by atoms with van der Waals surface area (Å²) in [7, 11) is 0. The Morgan fingerprint density at radius 1 is 1.14 bits per heavy atom. The lowest BCUT2D eigenvalue weighted by Gasteiger charge is -2.23. The summed E-state index contributed by atoms with van der Waals surface area (Å²) >= 11 is 0. The van der Waals surface area contributed by atoms with E-state index in [4.69, 9.17) is 4.42 Å². The van der Waals surface area contributed by atoms with Crippen molar-refractivity contribution in [3.8, 4) is 0 Å². The van der Waals surface area contributed by atoms with E-state index in [1.165, 1.54) is 5.56 Å². The minimum absolute atomic E-state index is 0.00840. The summed E-state index contributed by atoms with van der Waals surface area (Å²) in [6, 6.07) is 11.9. The Morgan fingerprint density at radius 2 is 1.93 bits per heavy atom. The molecule has 1 aromatic heterocycles. The molecular weight excluding hydrogens is 368 g/mol. The van der Waals surface area contributed by atoms with Crippen molar-refractivity contribution in [2.45, 2.75) is 45.1 Å². The van der Waals surface area contributed by atoms with Crippen LogP contribution in [0.25, 0.3) is 0 Å². The van der Waals surface area contributed by atoms with E-state index in [0.717, 1.165) is 25.7 Å². The molecule has 3 fully saturated rings. The van der Waals surface area contributed by atoms with Crippen molar-refractivity contribution in [3.63, 3.8) is 0 Å². The molecule has 0 spiro atoms. The second kappa shape index (κ2) is 8.23. The van der Waals surface area contributed by atoms with Gasteiger partial charge in [0.15, 0.2) is 0 Å². The second-order valence-electron chi connectivity index (χ2n) is 8.09. The third kappa shape index (κ3) is 4.26. The molecule has 3 aliphatic heterocycles. The summed E-state index contributed by atoms with van der Waals surface area (Å²) in [6.45, 7) is 2.58. The number of nitrogens with zero attached hydrogens (tertiary/aromatic N) is 1. The van der Waals surface area contributed by atoms with Crippen molar-refractivity contribution >= 4 is 11.8 Å². The molecule has 29 heavy (non-hydrogen) atoms. The van der Waals surface area contributed by atoms with Crippen molar-refractivity contribution in [1.82, 2.24) is 10.2 Å². The topological polar surface area (TPSA) is 79.6 Å². The highest BCUT2D eigenvalue weighted by molar-refractivity contribution is 5.96. The van der Waals surface area contributed by atoms with E-state index in [-0.39, 0.29) is 29.3 Å². The van der Waals surface area contributed by atoms with Gasteiger partial charge in [-0.05, 0) is 49.8 Å². The molecule has 0 radical (unpaired) electrons. The van der Waals surface area contributed by atoms with Gasteiger partial charge >= 0.3 is 5.63 Å². The second-order valence-corrected chi connectivity index (χ2v) is 8.09. The van der Waals surface area contributed by atoms with Crippen LogP contribution in [0, 0.1) is 12.8 Å². The van der Waals surface area contributed by atoms with Gasteiger partial charge in [0, 0.05) is 25.6 Å². The first-order valence-electron chi connectivity index (χ1n) is 10.3. The van der Waals surface area contributed by atoms with Crippen molar-refractivity contribution in [3.05, 3.63) is 69.3 Å². The Labute approximate surface area is 169 Å². The lowest BCUT2D eigenvalue weighted by atomic mass is 9.96. The molecule has 0 aliphatic carbocycles. The number of amides is 2. The van der Waals surface area contributed by atoms with E-state index < -0.39 is 5.63 Å². The summed E-state index contributed by atoms with van der Waals surface area (Å²) in [4.78, 5) is 39.3. The molecule has 2 amide bonds. The molecule has 5 rings (SSSR count). The molecule has 0 saturated carbocycles. The molecule has 2 bridgehead atoms. The molecule has 152 valence electrons. The number of fused-ring (bicyclic) bond motifs is 4. The minimum Gasteiger partial charge on any atom is -0.427 e. The number of aryl methyl sites for hydroxylation is 3. The SMILES string of the molecule is Cc1cc(CCCc2ccccc2)oc(=O)c1C(=O)N1C[C@@H]2CC[C@H](C1)C(=O)N2. The zero-order valence-electron chi connectivity index (χ0n) is 16.6. The molecule has 2 atom stereocenters. The van der Waals surface area contributed by atoms with Gasteiger partial charge < -0.3 is 14.6 Å². The Balaban J connectivity index is 1.46. The van der Waals surface area contributed by atoms with Gasteiger partial charge in [0.2, 0.25) is 5.91 Å². The standard InChI is InChI=1S/C23H26N2O4/c1-15-12-19(9-5-8-16-6-3-2-4-7-16)29-23(28)20(15)22(27)25-13-17-10-11-18(14-25)24-21(17)26/h2-4,6-7,12,17-18H,5,8-11,13-14H2,1H3,(H,24,26)/t17-,18+/m1/s1. The predicted molar refractivity (Wildman–Crippen MR) is 109 cm³/mol. The monoisotopic (exact) mass is 394 g/mol. The lowest BCUT2D eigenvalue weighted by Crippen LogP contribution is -2.44. The third-order valence-electron chi connectivity index (χ3n) is 5.89. The van der Waals surface area contributed by atoms with Crippen LogP contribution < -0.4 is 10.9 Å². The summed E-state index contributed by atoms with van der Waals surface area (Å²) in [5, 5.41) is 2.96. The maximum Gasteiger partial charge on any atom is 0.349 e. The number of piperidine rings is 1. The van der Waals surface area contributed by atoms with Crippen molar-refractivity contribution < 1.29 is 14.0 Å². The van der Waals surface area contributed by atoms with Gasteiger partial charge in [0.1, 0.15) is 11.3 Å². The molecule has 6 heteroatoms. The highest BCUT2D eigenvalue weighted by Gasteiger charge is 2.37. The highest BCUT2D eigenvalue weighted by atomic mass is 16.4. The van der Waals surface area contributed by atoms with Gasteiger partial charge in [-0.3, -0.25) is 9.59 Å². The summed E-state index contributed by atoms with van der Waals surface area (Å²) in [5.41, 5.74) is 1.39. The maximum atomic E-state index is 13.1. The first kappa shape index (κ1) is 19.4. The number of carbonyl (C=O) groups is 2. The van der Waals surface area contributed by atoms with Crippen LogP contribution in [0.4, 0.5) is 0 Å². The smallest absolute Gasteiger partial charge is 0.349 e. The number of hydrogen-bond donors (Lipinski definition) is 1. The fourth-order valence-electron chi connectivity index (χ4n) is 4.33. The molecular formula is C23H26N2O4. The van der Waals surface area contributed by atoms with Crippen LogP contribution in [0.5, 0.6) is 0 Å². The summed E-state index contributed by atoms with van der Waals surface area (Å²) in [5.74, 6) is 0.0876. The predicted octanol–water partition coefficient (Wildman–Crippen LogP) is 2.47. The number of benzene rings is 1. The van der Waals surface area contributed by atoms with Crippen LogP contribution in [0.2, 0.25) is 0 Å². The minimum atomic E-state index is -0.583. The van der Waals surface area contributed by atoms with Crippen molar-refractivity contribution in [2.24, 2.45) is 5.92 Å². The molecule has 4 heterocycles. The number of rotatable bonds is 5. The number of hydrogen-bond acceptors (Lipinski definition) is 4. The number of carbonyl (C=O) groups excluding carboxylic acids is 2. The summed E-state index contributed by atoms with van der Waals surface area (Å²) < 4.78 is 5.48. The molecule has 6 nitrogen and oxygen atoms in total. The largest absolute Gasteiger partial charge is 0.427 e. The van der Waals surface area contributed by atoms with Gasteiger partial charge in [-0.1, -0.05) is 30.3 Å². The Morgan fingerprint density at radius 3 is 2.66 bits per heavy atom. The van der Waals surface area contributed by atoms with Gasteiger partial charge in [-0.15, -0.1) is 0 Å². The van der Waals surface area contributed by atoms with Crippen molar-refractivity contribution in [1.29, 1.82) is 0 Å². The Kier molecular flexibility index (Phi) is 5.51. The average molecular weight is 394 g/mol. The Bertz CT molecular complexity index is 967. The van der Waals surface area contributed by atoms with Crippen LogP contribution in [-0.2, 0) is 17.6 Å². The molecule has 2 aromatic rings. The van der Waals surface area contributed by atoms with E-state index in [0.29, 0.717) is 30.8 Å². The molecule has 1 aromatic carbocycles. The van der Waals surface area contributed by atoms with Crippen LogP contribution in [0.1, 0.15) is 46.5 Å².